The number of urea groups is 1. The summed E-state index contributed by atoms with van der Waals surface area (Å²) >= 11 is 0. The normalized spacial score (nSPS) is 10.7. The van der Waals surface area contributed by atoms with E-state index in [1.165, 1.54) is 10.5 Å². The molecule has 0 saturated heterocycles. The molecule has 0 saturated carbocycles. The van der Waals surface area contributed by atoms with Gasteiger partial charge < -0.3 is 15.4 Å². The van der Waals surface area contributed by atoms with Crippen molar-refractivity contribution in [2.45, 2.75) is 27.4 Å². The Bertz CT molecular complexity index is 1340. The molecule has 162 valence electrons. The van der Waals surface area contributed by atoms with Gasteiger partial charge in [0.15, 0.2) is 0 Å². The van der Waals surface area contributed by atoms with Crippen molar-refractivity contribution in [2.24, 2.45) is 0 Å². The van der Waals surface area contributed by atoms with Crippen molar-refractivity contribution in [2.75, 3.05) is 10.6 Å². The average molecular weight is 428 g/mol. The maximum atomic E-state index is 12.3. The third-order valence-corrected chi connectivity index (χ3v) is 5.02. The van der Waals surface area contributed by atoms with Gasteiger partial charge in [-0.2, -0.15) is 0 Å². The van der Waals surface area contributed by atoms with Gasteiger partial charge in [-0.25, -0.2) is 9.78 Å². The summed E-state index contributed by atoms with van der Waals surface area (Å²) in [4.78, 5) is 29.1. The number of carbonyl (C=O) groups excluding carboxylic acids is 1. The molecule has 7 heteroatoms. The number of ether oxygens (including phenoxy) is 1. The van der Waals surface area contributed by atoms with Crippen LogP contribution in [0.15, 0.2) is 71.7 Å². The molecule has 32 heavy (non-hydrogen) atoms. The van der Waals surface area contributed by atoms with E-state index in [0.29, 0.717) is 22.8 Å². The van der Waals surface area contributed by atoms with Crippen LogP contribution < -0.4 is 20.9 Å². The fourth-order valence-corrected chi connectivity index (χ4v) is 3.27. The minimum Gasteiger partial charge on any atom is -0.487 e. The molecule has 0 fully saturated rings. The van der Waals surface area contributed by atoms with Gasteiger partial charge in [-0.1, -0.05) is 12.1 Å². The molecule has 0 bridgehead atoms. The summed E-state index contributed by atoms with van der Waals surface area (Å²) in [6.07, 6.45) is 1.72. The van der Waals surface area contributed by atoms with Crippen LogP contribution in [0.1, 0.15) is 22.4 Å². The number of rotatable bonds is 5. The van der Waals surface area contributed by atoms with Crippen LogP contribution in [-0.2, 0) is 6.61 Å². The lowest BCUT2D eigenvalue weighted by atomic mass is 10.1. The van der Waals surface area contributed by atoms with E-state index >= 15 is 0 Å². The van der Waals surface area contributed by atoms with Crippen LogP contribution in [0.3, 0.4) is 0 Å². The molecule has 0 spiro atoms. The fraction of sp³-hybridized carbons (Fsp3) is 0.160. The van der Waals surface area contributed by atoms with E-state index < -0.39 is 0 Å². The van der Waals surface area contributed by atoms with Gasteiger partial charge in [-0.15, -0.1) is 0 Å². The topological polar surface area (TPSA) is 84.7 Å². The molecule has 0 unspecified atom stereocenters. The standard InChI is InChI=1S/C25H24N4O3/c1-16-4-5-18(3)22(12-16)28-25(31)27-19-6-8-21(9-7-19)32-15-20-14-24(30)29-11-10-17(2)13-23(29)26-20/h4-14H,15H2,1-3H3,(H2,27,28,31). The number of aryl methyl sites for hydroxylation is 3. The minimum atomic E-state index is -0.316. The lowest BCUT2D eigenvalue weighted by molar-refractivity contribution is 0.262. The number of aromatic nitrogens is 2. The van der Waals surface area contributed by atoms with Crippen LogP contribution >= 0.6 is 0 Å². The quantitative estimate of drug-likeness (QED) is 0.476. The molecule has 0 aliphatic heterocycles. The summed E-state index contributed by atoms with van der Waals surface area (Å²) in [6.45, 7) is 6.04. The Morgan fingerprint density at radius 3 is 2.47 bits per heavy atom. The predicted molar refractivity (Wildman–Crippen MR) is 126 cm³/mol. The Hall–Kier alpha value is -4.13. The summed E-state index contributed by atoms with van der Waals surface area (Å²) < 4.78 is 7.27. The number of benzene rings is 2. The van der Waals surface area contributed by atoms with Crippen molar-refractivity contribution >= 4 is 23.1 Å². The zero-order valence-electron chi connectivity index (χ0n) is 18.2. The second kappa shape index (κ2) is 8.93. The van der Waals surface area contributed by atoms with Crippen LogP contribution in [0, 0.1) is 20.8 Å². The van der Waals surface area contributed by atoms with Crippen molar-refractivity contribution in [3.63, 3.8) is 0 Å². The number of pyridine rings is 1. The van der Waals surface area contributed by atoms with Crippen molar-refractivity contribution in [3.8, 4) is 5.75 Å². The maximum Gasteiger partial charge on any atom is 0.323 e. The van der Waals surface area contributed by atoms with Crippen molar-refractivity contribution < 1.29 is 9.53 Å². The van der Waals surface area contributed by atoms with Crippen LogP contribution in [0.5, 0.6) is 5.75 Å². The number of carbonyl (C=O) groups is 1. The first-order chi connectivity index (χ1) is 15.4. The third kappa shape index (κ3) is 4.95. The SMILES string of the molecule is Cc1ccc(C)c(NC(=O)Nc2ccc(OCc3cc(=O)n4ccc(C)cc4n3)cc2)c1. The number of amides is 2. The molecule has 4 rings (SSSR count). The highest BCUT2D eigenvalue weighted by Gasteiger charge is 2.07. The van der Waals surface area contributed by atoms with Crippen LogP contribution in [0.4, 0.5) is 16.2 Å². The van der Waals surface area contributed by atoms with Crippen molar-refractivity contribution in [3.05, 3.63) is 99.6 Å². The Balaban J connectivity index is 1.38. The second-order valence-corrected chi connectivity index (χ2v) is 7.73. The van der Waals surface area contributed by atoms with Gasteiger partial charge in [0.2, 0.25) is 0 Å². The summed E-state index contributed by atoms with van der Waals surface area (Å²) in [5.74, 6) is 0.608. The zero-order chi connectivity index (χ0) is 22.7. The van der Waals surface area contributed by atoms with E-state index in [0.717, 1.165) is 22.4 Å². The Morgan fingerprint density at radius 2 is 1.69 bits per heavy atom. The minimum absolute atomic E-state index is 0.150. The first-order valence-corrected chi connectivity index (χ1v) is 10.2. The lowest BCUT2D eigenvalue weighted by Gasteiger charge is -2.11. The van der Waals surface area contributed by atoms with Crippen molar-refractivity contribution in [1.82, 2.24) is 9.38 Å². The number of hydrogen-bond donors (Lipinski definition) is 2. The molecule has 2 N–H and O–H groups in total. The van der Waals surface area contributed by atoms with Gasteiger partial charge >= 0.3 is 6.03 Å². The van der Waals surface area contributed by atoms with Gasteiger partial charge in [-0.05, 0) is 79.9 Å². The highest BCUT2D eigenvalue weighted by molar-refractivity contribution is 6.00. The number of fused-ring (bicyclic) bond motifs is 1. The Kier molecular flexibility index (Phi) is 5.89. The third-order valence-electron chi connectivity index (χ3n) is 5.02. The molecular weight excluding hydrogens is 404 g/mol. The predicted octanol–water partition coefficient (Wildman–Crippen LogP) is 4.84. The van der Waals surface area contributed by atoms with Gasteiger partial charge in [-0.3, -0.25) is 9.20 Å². The molecule has 2 aromatic heterocycles. The van der Waals surface area contributed by atoms with Gasteiger partial charge in [0.1, 0.15) is 18.0 Å². The fourth-order valence-electron chi connectivity index (χ4n) is 3.27. The van der Waals surface area contributed by atoms with Crippen LogP contribution in [0.2, 0.25) is 0 Å². The summed E-state index contributed by atoms with van der Waals surface area (Å²) in [7, 11) is 0. The van der Waals surface area contributed by atoms with E-state index in [1.54, 1.807) is 30.5 Å². The van der Waals surface area contributed by atoms with E-state index in [2.05, 4.69) is 15.6 Å². The largest absolute Gasteiger partial charge is 0.487 e. The highest BCUT2D eigenvalue weighted by Crippen LogP contribution is 2.19. The van der Waals surface area contributed by atoms with Crippen molar-refractivity contribution in [1.29, 1.82) is 0 Å². The molecule has 2 heterocycles. The first kappa shape index (κ1) is 21.1. The summed E-state index contributed by atoms with van der Waals surface area (Å²) in [6, 6.07) is 17.8. The van der Waals surface area contributed by atoms with Gasteiger partial charge in [0, 0.05) is 23.6 Å². The van der Waals surface area contributed by atoms with Gasteiger partial charge in [0.05, 0.1) is 5.69 Å². The van der Waals surface area contributed by atoms with E-state index in [-0.39, 0.29) is 18.2 Å². The molecule has 2 amide bonds. The first-order valence-electron chi connectivity index (χ1n) is 10.2. The van der Waals surface area contributed by atoms with Crippen LogP contribution in [-0.4, -0.2) is 15.4 Å². The molecule has 0 aliphatic rings. The molecule has 0 atom stereocenters. The van der Waals surface area contributed by atoms with Gasteiger partial charge in [0.25, 0.3) is 5.56 Å². The zero-order valence-corrected chi connectivity index (χ0v) is 18.2. The molecule has 7 nitrogen and oxygen atoms in total. The molecule has 0 aliphatic carbocycles. The molecule has 4 aromatic rings. The lowest BCUT2D eigenvalue weighted by Crippen LogP contribution is -2.20. The second-order valence-electron chi connectivity index (χ2n) is 7.73. The smallest absolute Gasteiger partial charge is 0.323 e. The molecule has 2 aromatic carbocycles. The highest BCUT2D eigenvalue weighted by atomic mass is 16.5. The summed E-state index contributed by atoms with van der Waals surface area (Å²) in [5, 5.41) is 5.67. The average Bonchev–Trinajstić information content (AvgIpc) is 2.75. The van der Waals surface area contributed by atoms with E-state index in [4.69, 9.17) is 4.74 Å². The van der Waals surface area contributed by atoms with E-state index in [9.17, 15) is 9.59 Å². The number of nitrogens with one attached hydrogen (secondary N) is 2. The maximum absolute atomic E-state index is 12.3. The molecule has 0 radical (unpaired) electrons. The Morgan fingerprint density at radius 1 is 0.938 bits per heavy atom. The van der Waals surface area contributed by atoms with E-state index in [1.807, 2.05) is 51.1 Å². The monoisotopic (exact) mass is 428 g/mol. The molecular formula is C25H24N4O3. The van der Waals surface area contributed by atoms with Crippen LogP contribution in [0.25, 0.3) is 5.65 Å². The summed E-state index contributed by atoms with van der Waals surface area (Å²) in [5.41, 5.74) is 5.50. The number of hydrogen-bond acceptors (Lipinski definition) is 4. The Labute approximate surface area is 185 Å². The number of nitrogens with zero attached hydrogens (tertiary/aromatic N) is 2. The number of anilines is 2.